The van der Waals surface area contributed by atoms with Crippen molar-refractivity contribution in [3.63, 3.8) is 0 Å². The summed E-state index contributed by atoms with van der Waals surface area (Å²) in [7, 11) is 1.87. The highest BCUT2D eigenvalue weighted by Crippen LogP contribution is 2.12. The molecule has 1 aromatic heterocycles. The number of nitrogens with zero attached hydrogens (tertiary/aromatic N) is 6. The molecule has 3 rings (SSSR count). The number of amides is 1. The number of carbonyl (C=O) groups is 1. The van der Waals surface area contributed by atoms with Crippen LogP contribution in [0.5, 0.6) is 0 Å². The summed E-state index contributed by atoms with van der Waals surface area (Å²) in [5, 5.41) is 10.9. The molecule has 1 amide bonds. The normalized spacial score (nSPS) is 14.7. The smallest absolute Gasteiger partial charge is 0.242 e. The monoisotopic (exact) mass is 461 g/mol. The quantitative estimate of drug-likeness (QED) is 0.415. The molecule has 1 aliphatic rings. The van der Waals surface area contributed by atoms with Gasteiger partial charge in [-0.2, -0.15) is 5.26 Å². The number of anilines is 1. The van der Waals surface area contributed by atoms with Crippen molar-refractivity contribution in [3.8, 4) is 6.07 Å². The molecule has 0 unspecified atom stereocenters. The summed E-state index contributed by atoms with van der Waals surface area (Å²) >= 11 is 0. The van der Waals surface area contributed by atoms with E-state index in [1.165, 1.54) is 18.5 Å². The van der Waals surface area contributed by atoms with Crippen molar-refractivity contribution >= 4 is 25.0 Å². The Balaban J connectivity index is 1.57. The summed E-state index contributed by atoms with van der Waals surface area (Å²) in [4.78, 5) is 26.2. The lowest BCUT2D eigenvalue weighted by Crippen LogP contribution is -2.47. The van der Waals surface area contributed by atoms with Crippen LogP contribution in [0.4, 0.5) is 5.82 Å². The van der Waals surface area contributed by atoms with Crippen molar-refractivity contribution in [1.29, 1.82) is 5.26 Å². The van der Waals surface area contributed by atoms with E-state index in [1.54, 1.807) is 11.2 Å². The van der Waals surface area contributed by atoms with Gasteiger partial charge in [-0.15, -0.1) is 0 Å². The third-order valence-corrected chi connectivity index (χ3v) is 5.91. The zero-order valence-electron chi connectivity index (χ0n) is 20.9. The van der Waals surface area contributed by atoms with Crippen molar-refractivity contribution < 1.29 is 4.79 Å². The van der Waals surface area contributed by atoms with Crippen molar-refractivity contribution in [3.05, 3.63) is 47.4 Å². The van der Waals surface area contributed by atoms with E-state index in [0.717, 1.165) is 43.8 Å². The van der Waals surface area contributed by atoms with Crippen LogP contribution in [-0.4, -0.2) is 72.8 Å². The van der Waals surface area contributed by atoms with Gasteiger partial charge in [-0.05, 0) is 35.5 Å². The predicted molar refractivity (Wildman–Crippen MR) is 137 cm³/mol. The maximum atomic E-state index is 12.9. The molecule has 1 aliphatic heterocycles. The Morgan fingerprint density at radius 2 is 1.82 bits per heavy atom. The van der Waals surface area contributed by atoms with Crippen molar-refractivity contribution in [2.45, 2.75) is 40.2 Å². The number of benzene rings is 1. The van der Waals surface area contributed by atoms with E-state index < -0.39 is 0 Å². The molecule has 9 heteroatoms. The molecule has 1 aromatic carbocycles. The molecule has 1 saturated heterocycles. The second-order valence-corrected chi connectivity index (χ2v) is 9.46. The van der Waals surface area contributed by atoms with Crippen LogP contribution in [0.1, 0.15) is 44.1 Å². The van der Waals surface area contributed by atoms with Gasteiger partial charge in [0.05, 0.1) is 6.42 Å². The number of hydrazine groups is 1. The number of hydrogen-bond acceptors (Lipinski definition) is 7. The lowest BCUT2D eigenvalue weighted by molar-refractivity contribution is -0.120. The van der Waals surface area contributed by atoms with Crippen molar-refractivity contribution in [1.82, 2.24) is 25.2 Å². The number of nitrogens with one attached hydrogen (secondary N) is 1. The summed E-state index contributed by atoms with van der Waals surface area (Å²) in [5.74, 6) is 0.828. The van der Waals surface area contributed by atoms with Crippen molar-refractivity contribution in [2.24, 2.45) is 5.92 Å². The Labute approximate surface area is 204 Å². The third-order valence-electron chi connectivity index (χ3n) is 5.91. The van der Waals surface area contributed by atoms with Crippen LogP contribution in [0, 0.1) is 17.2 Å². The van der Waals surface area contributed by atoms with Crippen LogP contribution in [0.25, 0.3) is 0 Å². The molecule has 0 aliphatic carbocycles. The molecule has 0 radical (unpaired) electrons. The van der Waals surface area contributed by atoms with E-state index >= 15 is 0 Å². The first-order valence-corrected chi connectivity index (χ1v) is 12.2. The molecule has 2 aromatic rings. The van der Waals surface area contributed by atoms with Gasteiger partial charge in [0.1, 0.15) is 19.7 Å². The molecule has 2 heterocycles. The minimum absolute atomic E-state index is 0.0889. The minimum Gasteiger partial charge on any atom is -0.301 e. The second kappa shape index (κ2) is 12.5. The molecular weight excluding hydrogens is 425 g/mol. The third kappa shape index (κ3) is 7.54. The van der Waals surface area contributed by atoms with Gasteiger partial charge < -0.3 is 4.90 Å². The molecule has 8 nitrogen and oxygen atoms in total. The largest absolute Gasteiger partial charge is 0.301 e. The lowest BCUT2D eigenvalue weighted by atomic mass is 9.98. The van der Waals surface area contributed by atoms with Gasteiger partial charge in [0, 0.05) is 45.5 Å². The Morgan fingerprint density at radius 3 is 2.44 bits per heavy atom. The fourth-order valence-electron chi connectivity index (χ4n) is 4.19. The molecule has 0 spiro atoms. The molecule has 0 atom stereocenters. The first-order valence-electron chi connectivity index (χ1n) is 12.2. The Kier molecular flexibility index (Phi) is 9.43. The van der Waals surface area contributed by atoms with E-state index in [2.05, 4.69) is 58.1 Å². The summed E-state index contributed by atoms with van der Waals surface area (Å²) in [6, 6.07) is 10.3. The number of rotatable bonds is 10. The first kappa shape index (κ1) is 25.7. The maximum absolute atomic E-state index is 12.9. The number of piperazine rings is 1. The van der Waals surface area contributed by atoms with E-state index in [1.807, 2.05) is 26.0 Å². The van der Waals surface area contributed by atoms with E-state index in [9.17, 15) is 4.79 Å². The van der Waals surface area contributed by atoms with Gasteiger partial charge in [-0.1, -0.05) is 45.0 Å². The van der Waals surface area contributed by atoms with Crippen LogP contribution in [-0.2, 0) is 17.8 Å². The Bertz CT molecular complexity index is 982. The zero-order chi connectivity index (χ0) is 24.5. The minimum atomic E-state index is -0.114. The molecule has 1 fully saturated rings. The van der Waals surface area contributed by atoms with Gasteiger partial charge >= 0.3 is 0 Å². The van der Waals surface area contributed by atoms with Crippen LogP contribution >= 0.6 is 0 Å². The Hall–Kier alpha value is -2.96. The SMILES string of the molecule is Bc1cnc(C#N)nc1N(CC(C)C)NC(=O)Cc1ccc(CN2CCN(CCC)CC2)cc1. The first-order chi connectivity index (χ1) is 16.4. The van der Waals surface area contributed by atoms with Gasteiger partial charge in [0.15, 0.2) is 0 Å². The van der Waals surface area contributed by atoms with Crippen LogP contribution < -0.4 is 15.9 Å². The van der Waals surface area contributed by atoms with Crippen LogP contribution in [0.2, 0.25) is 0 Å². The van der Waals surface area contributed by atoms with E-state index in [-0.39, 0.29) is 18.2 Å². The summed E-state index contributed by atoms with van der Waals surface area (Å²) in [5.41, 5.74) is 6.03. The summed E-state index contributed by atoms with van der Waals surface area (Å²) in [6.45, 7) is 13.6. The highest BCUT2D eigenvalue weighted by atomic mass is 16.2. The highest BCUT2D eigenvalue weighted by Gasteiger charge is 2.18. The number of carbonyl (C=O) groups excluding carboxylic acids is 1. The highest BCUT2D eigenvalue weighted by molar-refractivity contribution is 6.35. The summed E-state index contributed by atoms with van der Waals surface area (Å²) in [6.07, 6.45) is 3.10. The average Bonchev–Trinajstić information content (AvgIpc) is 2.81. The molecule has 34 heavy (non-hydrogen) atoms. The van der Waals surface area contributed by atoms with Gasteiger partial charge in [0.2, 0.25) is 11.7 Å². The maximum Gasteiger partial charge on any atom is 0.242 e. The van der Waals surface area contributed by atoms with E-state index in [0.29, 0.717) is 18.3 Å². The summed E-state index contributed by atoms with van der Waals surface area (Å²) < 4.78 is 0. The fourth-order valence-corrected chi connectivity index (χ4v) is 4.19. The fraction of sp³-hybridized carbons (Fsp3) is 0.520. The second-order valence-electron chi connectivity index (χ2n) is 9.46. The Morgan fingerprint density at radius 1 is 1.18 bits per heavy atom. The number of nitriles is 1. The van der Waals surface area contributed by atoms with E-state index in [4.69, 9.17) is 5.26 Å². The van der Waals surface area contributed by atoms with Gasteiger partial charge in [0.25, 0.3) is 0 Å². The van der Waals surface area contributed by atoms with Crippen molar-refractivity contribution in [2.75, 3.05) is 44.3 Å². The van der Waals surface area contributed by atoms with Crippen LogP contribution in [0.3, 0.4) is 0 Å². The van der Waals surface area contributed by atoms with Crippen LogP contribution in [0.15, 0.2) is 30.5 Å². The molecular formula is C25H36BN7O. The van der Waals surface area contributed by atoms with Gasteiger partial charge in [-0.3, -0.25) is 20.1 Å². The molecule has 0 saturated carbocycles. The molecule has 180 valence electrons. The average molecular weight is 461 g/mol. The van der Waals surface area contributed by atoms with Gasteiger partial charge in [-0.25, -0.2) is 9.97 Å². The predicted octanol–water partition coefficient (Wildman–Crippen LogP) is 0.871. The number of hydrogen-bond donors (Lipinski definition) is 1. The number of aromatic nitrogens is 2. The lowest BCUT2D eigenvalue weighted by Gasteiger charge is -2.34. The standard InChI is InChI=1S/C25H36BN7O/c1-4-9-31-10-12-32(13-11-31)18-21-7-5-20(6-8-21)14-24(34)30-33(17-19(2)3)25-22(26)16-28-23(15-27)29-25/h5-8,16,19H,4,9-14,17-18,26H2,1-3H3,(H,30,34). The molecule has 0 bridgehead atoms. The molecule has 1 N–H and O–H groups in total. The zero-order valence-corrected chi connectivity index (χ0v) is 20.9. The topological polar surface area (TPSA) is 88.4 Å².